The molecule has 0 heterocycles. The highest BCUT2D eigenvalue weighted by Gasteiger charge is 2.43. The summed E-state index contributed by atoms with van der Waals surface area (Å²) >= 11 is 12.3. The summed E-state index contributed by atoms with van der Waals surface area (Å²) in [6, 6.07) is 5.57. The molecule has 1 aliphatic rings. The predicted molar refractivity (Wildman–Crippen MR) is 65.3 cm³/mol. The van der Waals surface area contributed by atoms with Gasteiger partial charge in [0, 0.05) is 21.1 Å². The van der Waals surface area contributed by atoms with Crippen LogP contribution in [0.15, 0.2) is 18.2 Å². The van der Waals surface area contributed by atoms with E-state index in [1.807, 2.05) is 18.2 Å². The first-order chi connectivity index (χ1) is 7.07. The highest BCUT2D eigenvalue weighted by Crippen LogP contribution is 2.49. The van der Waals surface area contributed by atoms with E-state index in [1.54, 1.807) is 0 Å². The van der Waals surface area contributed by atoms with Crippen molar-refractivity contribution in [2.45, 2.75) is 31.7 Å². The number of halogens is 2. The topological polar surface area (TPSA) is 26.0 Å². The Morgan fingerprint density at radius 1 is 1.33 bits per heavy atom. The molecule has 1 aromatic carbocycles. The van der Waals surface area contributed by atoms with Gasteiger partial charge in [-0.3, -0.25) is 0 Å². The lowest BCUT2D eigenvalue weighted by atomic mass is 9.64. The molecule has 0 bridgehead atoms. The Morgan fingerprint density at radius 2 is 1.87 bits per heavy atom. The van der Waals surface area contributed by atoms with E-state index in [-0.39, 0.29) is 5.54 Å². The fourth-order valence-corrected chi connectivity index (χ4v) is 3.21. The molecule has 0 aliphatic heterocycles. The third kappa shape index (κ3) is 1.89. The minimum absolute atomic E-state index is 0.296. The lowest BCUT2D eigenvalue weighted by molar-refractivity contribution is 0.143. The van der Waals surface area contributed by atoms with E-state index in [0.29, 0.717) is 10.0 Å². The molecule has 1 nitrogen and oxygen atoms in total. The molecule has 2 rings (SSSR count). The van der Waals surface area contributed by atoms with Crippen LogP contribution in [0.2, 0.25) is 10.0 Å². The quantitative estimate of drug-likeness (QED) is 0.836. The third-order valence-corrected chi connectivity index (χ3v) is 3.97. The van der Waals surface area contributed by atoms with Gasteiger partial charge in [-0.25, -0.2) is 0 Å². The van der Waals surface area contributed by atoms with E-state index in [9.17, 15) is 0 Å². The Balaban J connectivity index is 2.31. The summed E-state index contributed by atoms with van der Waals surface area (Å²) in [5, 5.41) is 1.39. The maximum atomic E-state index is 6.32. The largest absolute Gasteiger partial charge is 0.321 e. The molecule has 0 unspecified atom stereocenters. The number of nitrogens with two attached hydrogens (primary N) is 1. The zero-order valence-corrected chi connectivity index (χ0v) is 10.3. The highest BCUT2D eigenvalue weighted by atomic mass is 35.5. The van der Waals surface area contributed by atoms with Crippen molar-refractivity contribution in [3.05, 3.63) is 33.8 Å². The van der Waals surface area contributed by atoms with E-state index < -0.39 is 0 Å². The second-order valence-corrected chi connectivity index (χ2v) is 5.25. The van der Waals surface area contributed by atoms with Crippen LogP contribution in [0.25, 0.3) is 0 Å². The Labute approximate surface area is 101 Å². The molecule has 3 heteroatoms. The molecule has 0 saturated heterocycles. The fraction of sp³-hybridized carbons (Fsp3) is 0.500. The van der Waals surface area contributed by atoms with Crippen molar-refractivity contribution in [2.24, 2.45) is 11.7 Å². The summed E-state index contributed by atoms with van der Waals surface area (Å²) < 4.78 is 0. The molecule has 0 spiro atoms. The minimum atomic E-state index is -0.296. The van der Waals surface area contributed by atoms with Gasteiger partial charge in [-0.2, -0.15) is 0 Å². The van der Waals surface area contributed by atoms with Crippen molar-refractivity contribution < 1.29 is 0 Å². The molecule has 0 aromatic heterocycles. The third-order valence-electron chi connectivity index (χ3n) is 3.34. The van der Waals surface area contributed by atoms with Crippen LogP contribution in [0.5, 0.6) is 0 Å². The van der Waals surface area contributed by atoms with Crippen LogP contribution in [0.3, 0.4) is 0 Å². The Morgan fingerprint density at radius 3 is 2.33 bits per heavy atom. The molecular weight excluding hydrogens is 229 g/mol. The van der Waals surface area contributed by atoms with Gasteiger partial charge in [-0.15, -0.1) is 0 Å². The zero-order valence-electron chi connectivity index (χ0n) is 8.76. The van der Waals surface area contributed by atoms with Gasteiger partial charge < -0.3 is 5.73 Å². The van der Waals surface area contributed by atoms with Gasteiger partial charge in [0.2, 0.25) is 0 Å². The van der Waals surface area contributed by atoms with Crippen LogP contribution < -0.4 is 5.73 Å². The smallest absolute Gasteiger partial charge is 0.0471 e. The first-order valence-electron chi connectivity index (χ1n) is 5.30. The average molecular weight is 244 g/mol. The van der Waals surface area contributed by atoms with Crippen molar-refractivity contribution in [3.8, 4) is 0 Å². The zero-order chi connectivity index (χ0) is 11.1. The molecule has 1 saturated carbocycles. The second-order valence-electron chi connectivity index (χ2n) is 4.44. The molecule has 1 aliphatic carbocycles. The summed E-state index contributed by atoms with van der Waals surface area (Å²) in [7, 11) is 0. The summed E-state index contributed by atoms with van der Waals surface area (Å²) in [5.74, 6) is 0.724. The van der Waals surface area contributed by atoms with E-state index in [4.69, 9.17) is 28.9 Å². The van der Waals surface area contributed by atoms with Gasteiger partial charge in [0.25, 0.3) is 0 Å². The maximum absolute atomic E-state index is 6.32. The van der Waals surface area contributed by atoms with Crippen LogP contribution in [0.4, 0.5) is 0 Å². The van der Waals surface area contributed by atoms with Crippen molar-refractivity contribution in [1.82, 2.24) is 0 Å². The van der Waals surface area contributed by atoms with Crippen LogP contribution in [-0.2, 0) is 5.54 Å². The molecule has 1 aromatic rings. The minimum Gasteiger partial charge on any atom is -0.321 e. The standard InChI is InChI=1S/C12H15Cl2N/c1-2-8-6-12(15,7-8)11-9(13)4-3-5-10(11)14/h3-5,8H,2,6-7,15H2,1H3. The van der Waals surface area contributed by atoms with Gasteiger partial charge in [-0.1, -0.05) is 42.6 Å². The normalized spacial score (nSPS) is 30.0. The average Bonchev–Trinajstić information content (AvgIpc) is 2.13. The summed E-state index contributed by atoms with van der Waals surface area (Å²) in [5.41, 5.74) is 6.96. The lowest BCUT2D eigenvalue weighted by Gasteiger charge is -2.46. The van der Waals surface area contributed by atoms with E-state index >= 15 is 0 Å². The van der Waals surface area contributed by atoms with Gasteiger partial charge in [0.1, 0.15) is 0 Å². The first-order valence-corrected chi connectivity index (χ1v) is 6.06. The molecule has 0 amide bonds. The van der Waals surface area contributed by atoms with E-state index in [1.165, 1.54) is 6.42 Å². The summed E-state index contributed by atoms with van der Waals surface area (Å²) in [4.78, 5) is 0. The molecule has 2 N–H and O–H groups in total. The predicted octanol–water partition coefficient (Wildman–Crippen LogP) is 3.97. The number of hydrogen-bond donors (Lipinski definition) is 1. The number of rotatable bonds is 2. The van der Waals surface area contributed by atoms with E-state index in [0.717, 1.165) is 24.3 Å². The molecule has 1 fully saturated rings. The van der Waals surface area contributed by atoms with Crippen molar-refractivity contribution in [1.29, 1.82) is 0 Å². The van der Waals surface area contributed by atoms with Crippen LogP contribution in [0, 0.1) is 5.92 Å². The molecule has 82 valence electrons. The van der Waals surface area contributed by atoms with Crippen LogP contribution in [0.1, 0.15) is 31.7 Å². The fourth-order valence-electron chi connectivity index (χ4n) is 2.44. The van der Waals surface area contributed by atoms with E-state index in [2.05, 4.69) is 6.92 Å². The molecule has 15 heavy (non-hydrogen) atoms. The SMILES string of the molecule is CCC1CC(N)(c2c(Cl)cccc2Cl)C1. The Hall–Kier alpha value is -0.240. The maximum Gasteiger partial charge on any atom is 0.0471 e. The number of hydrogen-bond acceptors (Lipinski definition) is 1. The Bertz CT molecular complexity index is 350. The van der Waals surface area contributed by atoms with Gasteiger partial charge in [0.15, 0.2) is 0 Å². The van der Waals surface area contributed by atoms with Crippen molar-refractivity contribution in [2.75, 3.05) is 0 Å². The van der Waals surface area contributed by atoms with Crippen LogP contribution >= 0.6 is 23.2 Å². The van der Waals surface area contributed by atoms with Gasteiger partial charge in [-0.05, 0) is 30.9 Å². The van der Waals surface area contributed by atoms with Gasteiger partial charge in [0.05, 0.1) is 0 Å². The Kier molecular flexibility index (Phi) is 2.98. The van der Waals surface area contributed by atoms with Gasteiger partial charge >= 0.3 is 0 Å². The van der Waals surface area contributed by atoms with Crippen LogP contribution in [-0.4, -0.2) is 0 Å². The van der Waals surface area contributed by atoms with Crippen molar-refractivity contribution >= 4 is 23.2 Å². The lowest BCUT2D eigenvalue weighted by Crippen LogP contribution is -2.49. The van der Waals surface area contributed by atoms with Crippen molar-refractivity contribution in [3.63, 3.8) is 0 Å². The number of benzene rings is 1. The monoisotopic (exact) mass is 243 g/mol. The first kappa shape index (κ1) is 11.3. The molecular formula is C12H15Cl2N. The molecule has 0 radical (unpaired) electrons. The highest BCUT2D eigenvalue weighted by molar-refractivity contribution is 6.36. The second kappa shape index (κ2) is 3.97. The summed E-state index contributed by atoms with van der Waals surface area (Å²) in [6.07, 6.45) is 3.17. The molecule has 0 atom stereocenters. The summed E-state index contributed by atoms with van der Waals surface area (Å²) in [6.45, 7) is 2.19.